The molecular weight excluding hydrogens is 559 g/mol. The third-order valence-electron chi connectivity index (χ3n) is 7.97. The minimum absolute atomic E-state index is 0.189. The number of hydrogen-bond donors (Lipinski definition) is 3. The molecule has 0 aromatic heterocycles. The molecule has 2 atom stereocenters. The number of allylic oxidation sites excluding steroid dienone is 2. The molecule has 0 radical (unpaired) electrons. The second-order valence-electron chi connectivity index (χ2n) is 12.4. The first-order valence-corrected chi connectivity index (χ1v) is 19.7. The fourth-order valence-electron chi connectivity index (χ4n) is 5.13. The van der Waals surface area contributed by atoms with Crippen LogP contribution in [-0.2, 0) is 13.6 Å². The molecule has 3 N–H and O–H groups in total. The lowest BCUT2D eigenvalue weighted by molar-refractivity contribution is 0.145. The van der Waals surface area contributed by atoms with Crippen LogP contribution in [-0.4, -0.2) is 40.5 Å². The van der Waals surface area contributed by atoms with Gasteiger partial charge in [-0.25, -0.2) is 4.57 Å². The van der Waals surface area contributed by atoms with Gasteiger partial charge in [-0.1, -0.05) is 141 Å². The number of phosphoric acid groups is 1. The molecular formula is C36H71O6P. The molecule has 43 heavy (non-hydrogen) atoms. The minimum Gasteiger partial charge on any atom is -0.393 e. The first-order chi connectivity index (χ1) is 20.9. The highest BCUT2D eigenvalue weighted by molar-refractivity contribution is 7.47. The van der Waals surface area contributed by atoms with E-state index >= 15 is 0 Å². The predicted octanol–water partition coefficient (Wildman–Crippen LogP) is 11.1. The van der Waals surface area contributed by atoms with Crippen molar-refractivity contribution in [1.29, 1.82) is 0 Å². The van der Waals surface area contributed by atoms with Crippen LogP contribution in [0.15, 0.2) is 24.3 Å². The van der Waals surface area contributed by atoms with E-state index in [1.54, 1.807) is 0 Å². The molecule has 0 aromatic rings. The van der Waals surface area contributed by atoms with E-state index in [2.05, 4.69) is 38.2 Å². The second kappa shape index (κ2) is 32.9. The maximum Gasteiger partial charge on any atom is 0.472 e. The van der Waals surface area contributed by atoms with Crippen LogP contribution < -0.4 is 0 Å². The third-order valence-corrected chi connectivity index (χ3v) is 8.99. The molecule has 2 unspecified atom stereocenters. The molecule has 0 aliphatic heterocycles. The van der Waals surface area contributed by atoms with Gasteiger partial charge in [0.25, 0.3) is 0 Å². The fourth-order valence-corrected chi connectivity index (χ4v) is 5.93. The van der Waals surface area contributed by atoms with Crippen molar-refractivity contribution >= 4 is 7.82 Å². The number of aliphatic hydroxyl groups is 2. The summed E-state index contributed by atoms with van der Waals surface area (Å²) in [6.45, 7) is 4.95. The van der Waals surface area contributed by atoms with E-state index in [-0.39, 0.29) is 25.4 Å². The molecule has 0 saturated carbocycles. The zero-order valence-corrected chi connectivity index (χ0v) is 29.2. The highest BCUT2D eigenvalue weighted by Gasteiger charge is 2.19. The van der Waals surface area contributed by atoms with Gasteiger partial charge < -0.3 is 15.1 Å². The summed E-state index contributed by atoms with van der Waals surface area (Å²) in [6.07, 6.45) is 36.3. The molecule has 0 spiro atoms. The van der Waals surface area contributed by atoms with Gasteiger partial charge in [0, 0.05) is 0 Å². The van der Waals surface area contributed by atoms with Gasteiger partial charge in [-0.2, -0.15) is 0 Å². The third kappa shape index (κ3) is 34.2. The van der Waals surface area contributed by atoms with Crippen LogP contribution in [0.25, 0.3) is 0 Å². The summed E-state index contributed by atoms with van der Waals surface area (Å²) >= 11 is 0. The molecule has 6 nitrogen and oxygen atoms in total. The summed E-state index contributed by atoms with van der Waals surface area (Å²) in [5, 5.41) is 20.0. The highest BCUT2D eigenvalue weighted by Crippen LogP contribution is 2.43. The van der Waals surface area contributed by atoms with Crippen LogP contribution in [0.4, 0.5) is 0 Å². The van der Waals surface area contributed by atoms with Gasteiger partial charge in [0.2, 0.25) is 0 Å². The Labute approximate surface area is 266 Å². The molecule has 0 fully saturated rings. The standard InChI is InChI=1S/C36H71O6P/c1-3-5-7-23-29-35(37)31-25-19-15-11-9-13-17-21-27-33-41-43(39,40)42-34-28-22-18-14-10-12-16-20-26-32-36(38)30-24-8-6-4-2/h19-20,25-26,35-38H,3-18,21-24,27-34H2,1-2H3,(H,39,40). The molecule has 7 heteroatoms. The lowest BCUT2D eigenvalue weighted by Crippen LogP contribution is -2.04. The fraction of sp³-hybridized carbons (Fsp3) is 0.889. The van der Waals surface area contributed by atoms with Gasteiger partial charge in [-0.05, 0) is 64.2 Å². The average Bonchev–Trinajstić information content (AvgIpc) is 2.98. The van der Waals surface area contributed by atoms with Crippen molar-refractivity contribution < 1.29 is 28.7 Å². The Morgan fingerprint density at radius 2 is 0.860 bits per heavy atom. The quantitative estimate of drug-likeness (QED) is 0.0372. The summed E-state index contributed by atoms with van der Waals surface area (Å²) in [6, 6.07) is 0. The summed E-state index contributed by atoms with van der Waals surface area (Å²) in [7, 11) is -3.93. The molecule has 0 heterocycles. The Morgan fingerprint density at radius 3 is 1.26 bits per heavy atom. The van der Waals surface area contributed by atoms with Crippen molar-refractivity contribution in [3.63, 3.8) is 0 Å². The topological polar surface area (TPSA) is 96.2 Å². The number of rotatable bonds is 34. The van der Waals surface area contributed by atoms with Gasteiger partial charge in [0.05, 0.1) is 25.4 Å². The van der Waals surface area contributed by atoms with Gasteiger partial charge in [-0.15, -0.1) is 0 Å². The molecule has 256 valence electrons. The predicted molar refractivity (Wildman–Crippen MR) is 183 cm³/mol. The van der Waals surface area contributed by atoms with Crippen LogP contribution in [0.1, 0.15) is 181 Å². The summed E-state index contributed by atoms with van der Waals surface area (Å²) in [5.74, 6) is 0. The van der Waals surface area contributed by atoms with Crippen molar-refractivity contribution in [2.45, 2.75) is 193 Å². The molecule has 0 aromatic carbocycles. The molecule has 0 bridgehead atoms. The summed E-state index contributed by atoms with van der Waals surface area (Å²) < 4.78 is 22.3. The van der Waals surface area contributed by atoms with E-state index < -0.39 is 7.82 Å². The maximum absolute atomic E-state index is 12.0. The highest BCUT2D eigenvalue weighted by atomic mass is 31.2. The normalized spacial score (nSPS) is 15.0. The summed E-state index contributed by atoms with van der Waals surface area (Å²) in [5.41, 5.74) is 0. The Kier molecular flexibility index (Phi) is 32.5. The molecule has 0 aliphatic carbocycles. The van der Waals surface area contributed by atoms with Crippen molar-refractivity contribution in [3.05, 3.63) is 24.3 Å². The Bertz CT molecular complexity index is 616. The lowest BCUT2D eigenvalue weighted by Gasteiger charge is -2.12. The van der Waals surface area contributed by atoms with E-state index in [0.29, 0.717) is 0 Å². The zero-order chi connectivity index (χ0) is 31.7. The number of unbranched alkanes of at least 4 members (excludes halogenated alkanes) is 18. The maximum atomic E-state index is 12.0. The van der Waals surface area contributed by atoms with E-state index in [0.717, 1.165) is 89.9 Å². The second-order valence-corrected chi connectivity index (χ2v) is 13.8. The Hall–Kier alpha value is -0.490. The average molecular weight is 631 g/mol. The van der Waals surface area contributed by atoms with Gasteiger partial charge in [-0.3, -0.25) is 9.05 Å². The van der Waals surface area contributed by atoms with Crippen molar-refractivity contribution in [3.8, 4) is 0 Å². The van der Waals surface area contributed by atoms with Crippen LogP contribution in [0.5, 0.6) is 0 Å². The van der Waals surface area contributed by atoms with Crippen LogP contribution >= 0.6 is 7.82 Å². The number of aliphatic hydroxyl groups excluding tert-OH is 2. The van der Waals surface area contributed by atoms with Crippen molar-refractivity contribution in [2.75, 3.05) is 13.2 Å². The first kappa shape index (κ1) is 42.5. The van der Waals surface area contributed by atoms with E-state index in [9.17, 15) is 19.7 Å². The Balaban J connectivity index is 3.45. The van der Waals surface area contributed by atoms with Gasteiger partial charge in [0.1, 0.15) is 0 Å². The molecule has 0 aliphatic rings. The van der Waals surface area contributed by atoms with Crippen LogP contribution in [0.2, 0.25) is 0 Å². The molecule has 0 rings (SSSR count). The minimum atomic E-state index is -3.93. The van der Waals surface area contributed by atoms with Gasteiger partial charge >= 0.3 is 7.82 Å². The number of phosphoric ester groups is 1. The summed E-state index contributed by atoms with van der Waals surface area (Å²) in [4.78, 5) is 9.87. The van der Waals surface area contributed by atoms with E-state index in [1.165, 1.54) is 77.0 Å². The zero-order valence-electron chi connectivity index (χ0n) is 28.3. The van der Waals surface area contributed by atoms with E-state index in [1.807, 2.05) is 0 Å². The number of hydrogen-bond acceptors (Lipinski definition) is 5. The Morgan fingerprint density at radius 1 is 0.512 bits per heavy atom. The van der Waals surface area contributed by atoms with Crippen molar-refractivity contribution in [2.24, 2.45) is 0 Å². The van der Waals surface area contributed by atoms with E-state index in [4.69, 9.17) is 9.05 Å². The van der Waals surface area contributed by atoms with Crippen LogP contribution in [0.3, 0.4) is 0 Å². The lowest BCUT2D eigenvalue weighted by atomic mass is 10.1. The monoisotopic (exact) mass is 630 g/mol. The largest absolute Gasteiger partial charge is 0.472 e. The van der Waals surface area contributed by atoms with Crippen LogP contribution in [0, 0.1) is 0 Å². The smallest absolute Gasteiger partial charge is 0.393 e. The van der Waals surface area contributed by atoms with Gasteiger partial charge in [0.15, 0.2) is 0 Å². The molecule has 0 amide bonds. The van der Waals surface area contributed by atoms with Crippen molar-refractivity contribution in [1.82, 2.24) is 0 Å². The first-order valence-electron chi connectivity index (χ1n) is 18.2. The molecule has 0 saturated heterocycles. The SMILES string of the molecule is CCCCCCC(O)CC=CCCCCCCCCOP(=O)(O)OCCCCCCCCC=CCC(O)CCCCCC.